The van der Waals surface area contributed by atoms with E-state index in [1.807, 2.05) is 0 Å². The Morgan fingerprint density at radius 2 is 1.97 bits per heavy atom. The topological polar surface area (TPSA) is 83.3 Å². The fourth-order valence-corrected chi connectivity index (χ4v) is 7.71. The highest BCUT2D eigenvalue weighted by atomic mass is 16.6. The summed E-state index contributed by atoms with van der Waals surface area (Å²) in [6.45, 7) is 6.50. The van der Waals surface area contributed by atoms with Gasteiger partial charge in [-0.25, -0.2) is 0 Å². The third-order valence-corrected chi connectivity index (χ3v) is 9.50. The lowest BCUT2D eigenvalue weighted by Gasteiger charge is -2.59. The van der Waals surface area contributed by atoms with Crippen molar-refractivity contribution in [2.75, 3.05) is 13.1 Å². The normalized spacial score (nSPS) is 49.7. The van der Waals surface area contributed by atoms with Gasteiger partial charge in [0.1, 0.15) is 11.9 Å². The number of hydrogen-bond donors (Lipinski definition) is 2. The molecule has 1 unspecified atom stereocenters. The Balaban J connectivity index is 1.38. The molecular formula is C23H35N3O3. The molecule has 0 aromatic carbocycles. The minimum Gasteiger partial charge on any atom is -0.411 e. The molecule has 6 nitrogen and oxygen atoms in total. The molecule has 0 radical (unpaired) electrons. The Morgan fingerprint density at radius 1 is 1.10 bits per heavy atom. The van der Waals surface area contributed by atoms with Gasteiger partial charge in [-0.2, -0.15) is 0 Å². The maximum absolute atomic E-state index is 12.6. The summed E-state index contributed by atoms with van der Waals surface area (Å²) in [5.74, 6) is 2.26. The number of Topliss-reactive ketones (excluding diaryl/α,β-unsaturated/α-hetero) is 1. The number of oxime groups is 2. The van der Waals surface area contributed by atoms with E-state index in [0.717, 1.165) is 82.3 Å². The molecule has 5 rings (SSSR count). The molecule has 29 heavy (non-hydrogen) atoms. The van der Waals surface area contributed by atoms with Gasteiger partial charge in [0.2, 0.25) is 0 Å². The van der Waals surface area contributed by atoms with E-state index < -0.39 is 0 Å². The third-order valence-electron chi connectivity index (χ3n) is 9.50. The van der Waals surface area contributed by atoms with Crippen molar-refractivity contribution in [1.82, 2.24) is 5.32 Å². The van der Waals surface area contributed by atoms with Crippen molar-refractivity contribution in [3.63, 3.8) is 0 Å². The first-order valence-electron chi connectivity index (χ1n) is 11.6. The molecule has 5 fully saturated rings. The van der Waals surface area contributed by atoms with Gasteiger partial charge in [0, 0.05) is 30.7 Å². The van der Waals surface area contributed by atoms with Gasteiger partial charge in [0.05, 0.1) is 11.4 Å². The number of nitrogens with one attached hydrogen (secondary N) is 1. The summed E-state index contributed by atoms with van der Waals surface area (Å²) >= 11 is 0. The highest BCUT2D eigenvalue weighted by molar-refractivity contribution is 5.96. The van der Waals surface area contributed by atoms with Crippen molar-refractivity contribution in [1.29, 1.82) is 0 Å². The number of carbonyl (C=O) groups excluding carboxylic acids is 1. The molecule has 7 atom stereocenters. The van der Waals surface area contributed by atoms with E-state index in [0.29, 0.717) is 23.5 Å². The van der Waals surface area contributed by atoms with Crippen LogP contribution in [0.3, 0.4) is 0 Å². The highest BCUT2D eigenvalue weighted by Crippen LogP contribution is 2.64. The minimum atomic E-state index is -0.143. The zero-order chi connectivity index (χ0) is 20.2. The second-order valence-corrected chi connectivity index (χ2v) is 10.7. The average molecular weight is 402 g/mol. The van der Waals surface area contributed by atoms with Crippen molar-refractivity contribution < 1.29 is 14.8 Å². The Kier molecular flexibility index (Phi) is 4.76. The number of rotatable bonds is 2. The fourth-order valence-electron chi connectivity index (χ4n) is 7.71. The summed E-state index contributed by atoms with van der Waals surface area (Å²) in [4.78, 5) is 18.4. The maximum atomic E-state index is 12.6. The molecule has 4 saturated carbocycles. The Hall–Kier alpha value is -1.43. The van der Waals surface area contributed by atoms with Crippen molar-refractivity contribution in [2.45, 2.75) is 77.7 Å². The highest BCUT2D eigenvalue weighted by Gasteiger charge is 2.61. The maximum Gasteiger partial charge on any atom is 0.141 e. The van der Waals surface area contributed by atoms with Crippen LogP contribution in [0, 0.1) is 34.5 Å². The lowest BCUT2D eigenvalue weighted by Crippen LogP contribution is -2.56. The molecule has 2 N–H and O–H groups in total. The second kappa shape index (κ2) is 7.07. The SMILES string of the molecule is C[C@]12CCC(=NO[C@@H]3CCNC3)CC1/C(=N/O)C[C@@H]1[C@@H]2CC[C@]2(C)C(=O)CC[C@@H]12. The zero-order valence-electron chi connectivity index (χ0n) is 17.8. The summed E-state index contributed by atoms with van der Waals surface area (Å²) < 4.78 is 0. The summed E-state index contributed by atoms with van der Waals surface area (Å²) in [5, 5.41) is 21.6. The third kappa shape index (κ3) is 2.96. The van der Waals surface area contributed by atoms with E-state index in [1.54, 1.807) is 0 Å². The molecule has 1 saturated heterocycles. The molecular weight excluding hydrogens is 366 g/mol. The van der Waals surface area contributed by atoms with Crippen LogP contribution in [0.5, 0.6) is 0 Å². The van der Waals surface area contributed by atoms with Crippen LogP contribution < -0.4 is 5.32 Å². The van der Waals surface area contributed by atoms with E-state index in [4.69, 9.17) is 4.84 Å². The molecule has 160 valence electrons. The predicted octanol–water partition coefficient (Wildman–Crippen LogP) is 3.77. The average Bonchev–Trinajstić information content (AvgIpc) is 3.34. The number of ketones is 1. The van der Waals surface area contributed by atoms with Gasteiger partial charge in [0.25, 0.3) is 0 Å². The van der Waals surface area contributed by atoms with Crippen molar-refractivity contribution in [3.8, 4) is 0 Å². The van der Waals surface area contributed by atoms with Crippen molar-refractivity contribution >= 4 is 17.2 Å². The molecule has 0 aromatic heterocycles. The fraction of sp³-hybridized carbons (Fsp3) is 0.870. The first kappa shape index (κ1) is 19.5. The van der Waals surface area contributed by atoms with Crippen LogP contribution in [0.15, 0.2) is 10.3 Å². The van der Waals surface area contributed by atoms with Gasteiger partial charge in [0.15, 0.2) is 0 Å². The number of hydrogen-bond acceptors (Lipinski definition) is 6. The Labute approximate surface area is 173 Å². The number of fused-ring (bicyclic) bond motifs is 5. The molecule has 0 spiro atoms. The standard InChI is InChI=1S/C23H35N3O3/c1-22-8-5-14(26-29-15-7-10-24-13-15)11-19(22)20(25-28)12-16-17-3-4-21(27)23(17,2)9-6-18(16)22/h15-19,24,28H,3-13H2,1-2H3/b25-20+,26-14?/t15-,16+,17+,18+,19?,22-,23+/m1/s1. The van der Waals surface area contributed by atoms with Gasteiger partial charge in [-0.15, -0.1) is 0 Å². The summed E-state index contributed by atoms with van der Waals surface area (Å²) in [5.41, 5.74) is 2.05. The number of carbonyl (C=O) groups is 1. The van der Waals surface area contributed by atoms with Crippen LogP contribution in [-0.2, 0) is 9.63 Å². The van der Waals surface area contributed by atoms with Gasteiger partial charge in [-0.3, -0.25) is 4.79 Å². The van der Waals surface area contributed by atoms with E-state index in [9.17, 15) is 10.0 Å². The lowest BCUT2D eigenvalue weighted by atomic mass is 9.45. The van der Waals surface area contributed by atoms with Gasteiger partial charge >= 0.3 is 0 Å². The monoisotopic (exact) mass is 401 g/mol. The second-order valence-electron chi connectivity index (χ2n) is 10.7. The summed E-state index contributed by atoms with van der Waals surface area (Å²) in [6.07, 6.45) is 8.85. The molecule has 4 aliphatic carbocycles. The van der Waals surface area contributed by atoms with Gasteiger partial charge in [-0.1, -0.05) is 24.2 Å². The molecule has 0 aromatic rings. The summed E-state index contributed by atoms with van der Waals surface area (Å²) in [6, 6.07) is 0. The predicted molar refractivity (Wildman–Crippen MR) is 111 cm³/mol. The van der Waals surface area contributed by atoms with Crippen molar-refractivity contribution in [3.05, 3.63) is 0 Å². The van der Waals surface area contributed by atoms with Gasteiger partial charge in [-0.05, 0) is 74.7 Å². The molecule has 1 aliphatic heterocycles. The van der Waals surface area contributed by atoms with E-state index >= 15 is 0 Å². The first-order chi connectivity index (χ1) is 14.0. The van der Waals surface area contributed by atoms with E-state index in [2.05, 4.69) is 29.5 Å². The first-order valence-corrected chi connectivity index (χ1v) is 11.6. The molecule has 5 aliphatic rings. The van der Waals surface area contributed by atoms with E-state index in [-0.39, 0.29) is 22.9 Å². The van der Waals surface area contributed by atoms with Gasteiger partial charge < -0.3 is 15.4 Å². The number of nitrogens with zero attached hydrogens (tertiary/aromatic N) is 2. The Morgan fingerprint density at radius 3 is 2.72 bits per heavy atom. The van der Waals surface area contributed by atoms with Crippen molar-refractivity contribution in [2.24, 2.45) is 44.8 Å². The van der Waals surface area contributed by atoms with Crippen LogP contribution in [0.2, 0.25) is 0 Å². The lowest BCUT2D eigenvalue weighted by molar-refractivity contribution is -0.133. The Bertz CT molecular complexity index is 744. The molecule has 0 bridgehead atoms. The van der Waals surface area contributed by atoms with E-state index in [1.165, 1.54) is 0 Å². The molecule has 1 heterocycles. The summed E-state index contributed by atoms with van der Waals surface area (Å²) in [7, 11) is 0. The van der Waals surface area contributed by atoms with Crippen LogP contribution >= 0.6 is 0 Å². The zero-order valence-corrected chi connectivity index (χ0v) is 17.8. The van der Waals surface area contributed by atoms with Crippen LogP contribution in [0.25, 0.3) is 0 Å². The quantitative estimate of drug-likeness (QED) is 0.545. The largest absolute Gasteiger partial charge is 0.411 e. The van der Waals surface area contributed by atoms with Crippen LogP contribution in [0.1, 0.15) is 71.6 Å². The van der Waals surface area contributed by atoms with Crippen LogP contribution in [0.4, 0.5) is 0 Å². The van der Waals surface area contributed by atoms with Crippen LogP contribution in [-0.4, -0.2) is 41.6 Å². The molecule has 0 amide bonds. The smallest absolute Gasteiger partial charge is 0.141 e. The molecule has 6 heteroatoms. The minimum absolute atomic E-state index is 0.130.